The quantitative estimate of drug-likeness (QED) is 0.444. The molecule has 0 unspecified atom stereocenters. The van der Waals surface area contributed by atoms with Crippen molar-refractivity contribution < 1.29 is 15.1 Å². The summed E-state index contributed by atoms with van der Waals surface area (Å²) in [4.78, 5) is 14.2. The second kappa shape index (κ2) is 6.23. The van der Waals surface area contributed by atoms with Crippen LogP contribution in [-0.2, 0) is 0 Å². The summed E-state index contributed by atoms with van der Waals surface area (Å²) in [6.07, 6.45) is 1.31. The summed E-state index contributed by atoms with van der Waals surface area (Å²) in [6, 6.07) is 7.33. The molecule has 2 aromatic rings. The topological polar surface area (TPSA) is 96.0 Å². The second-order valence-electron chi connectivity index (χ2n) is 3.99. The molecule has 0 saturated heterocycles. The Kier molecular flexibility index (Phi) is 4.59. The molecule has 2 rings (SSSR count). The molecule has 0 saturated carbocycles. The SMILES string of the molecule is O=[N+]([O-])c1cccc(C=Nc2cc(Br)c(O)c(Br)c2)c1O. The van der Waals surface area contributed by atoms with E-state index in [0.29, 0.717) is 14.6 Å². The second-order valence-corrected chi connectivity index (χ2v) is 5.70. The van der Waals surface area contributed by atoms with E-state index in [4.69, 9.17) is 0 Å². The number of aliphatic imine (C=N–C) groups is 1. The molecule has 108 valence electrons. The molecular weight excluding hydrogens is 408 g/mol. The minimum atomic E-state index is -0.666. The Morgan fingerprint density at radius 3 is 2.33 bits per heavy atom. The van der Waals surface area contributed by atoms with Gasteiger partial charge < -0.3 is 10.2 Å². The summed E-state index contributed by atoms with van der Waals surface area (Å²) in [5, 5.41) is 30.1. The molecule has 0 fully saturated rings. The Morgan fingerprint density at radius 2 is 1.76 bits per heavy atom. The van der Waals surface area contributed by atoms with Crippen LogP contribution in [0.5, 0.6) is 11.5 Å². The molecule has 8 heteroatoms. The molecule has 2 N–H and O–H groups in total. The number of nitrogens with zero attached hydrogens (tertiary/aromatic N) is 2. The molecule has 0 heterocycles. The number of rotatable bonds is 3. The zero-order chi connectivity index (χ0) is 15.6. The van der Waals surface area contributed by atoms with Crippen molar-refractivity contribution in [2.75, 3.05) is 0 Å². The summed E-state index contributed by atoms with van der Waals surface area (Å²) in [5.74, 6) is -0.393. The van der Waals surface area contributed by atoms with E-state index < -0.39 is 10.7 Å². The summed E-state index contributed by atoms with van der Waals surface area (Å²) < 4.78 is 0.902. The Balaban J connectivity index is 2.38. The molecule has 21 heavy (non-hydrogen) atoms. The first-order valence-corrected chi connectivity index (χ1v) is 7.17. The van der Waals surface area contributed by atoms with Crippen LogP contribution in [0, 0.1) is 10.1 Å². The zero-order valence-electron chi connectivity index (χ0n) is 10.3. The van der Waals surface area contributed by atoms with E-state index in [0.717, 1.165) is 0 Å². The molecule has 0 aromatic heterocycles. The lowest BCUT2D eigenvalue weighted by molar-refractivity contribution is -0.385. The minimum Gasteiger partial charge on any atom is -0.506 e. The highest BCUT2D eigenvalue weighted by Gasteiger charge is 2.15. The molecule has 0 aliphatic carbocycles. The molecule has 0 atom stereocenters. The van der Waals surface area contributed by atoms with E-state index in [2.05, 4.69) is 36.9 Å². The monoisotopic (exact) mass is 414 g/mol. The van der Waals surface area contributed by atoms with Crippen LogP contribution < -0.4 is 0 Å². The Labute approximate surface area is 136 Å². The van der Waals surface area contributed by atoms with Crippen molar-refractivity contribution in [1.82, 2.24) is 0 Å². The number of nitro groups is 1. The number of para-hydroxylation sites is 1. The number of nitro benzene ring substituents is 1. The highest BCUT2D eigenvalue weighted by atomic mass is 79.9. The lowest BCUT2D eigenvalue weighted by Gasteiger charge is -2.02. The Bertz CT molecular complexity index is 724. The first-order chi connectivity index (χ1) is 9.90. The van der Waals surface area contributed by atoms with Gasteiger partial charge >= 0.3 is 5.69 Å². The highest BCUT2D eigenvalue weighted by Crippen LogP contribution is 2.36. The Hall–Kier alpha value is -1.93. The standard InChI is InChI=1S/C13H8Br2N2O4/c14-9-4-8(5-10(15)13(9)19)16-6-7-2-1-3-11(12(7)18)17(20)21/h1-6,18-19H. The normalized spacial score (nSPS) is 11.0. The number of hydrogen-bond donors (Lipinski definition) is 2. The van der Waals surface area contributed by atoms with Crippen LogP contribution in [0.4, 0.5) is 11.4 Å². The van der Waals surface area contributed by atoms with E-state index in [1.807, 2.05) is 0 Å². The van der Waals surface area contributed by atoms with Crippen molar-refractivity contribution in [2.24, 2.45) is 4.99 Å². The van der Waals surface area contributed by atoms with Crippen LogP contribution in [-0.4, -0.2) is 21.4 Å². The molecule has 2 aromatic carbocycles. The Morgan fingerprint density at radius 1 is 1.14 bits per heavy atom. The maximum absolute atomic E-state index is 10.7. The fourth-order valence-corrected chi connectivity index (χ4v) is 2.73. The molecule has 0 aliphatic rings. The third-order valence-electron chi connectivity index (χ3n) is 2.60. The van der Waals surface area contributed by atoms with E-state index in [-0.39, 0.29) is 17.0 Å². The van der Waals surface area contributed by atoms with Gasteiger partial charge in [-0.1, -0.05) is 6.07 Å². The highest BCUT2D eigenvalue weighted by molar-refractivity contribution is 9.11. The van der Waals surface area contributed by atoms with Gasteiger partial charge in [0.05, 0.1) is 19.6 Å². The molecule has 0 spiro atoms. The van der Waals surface area contributed by atoms with E-state index in [1.54, 1.807) is 12.1 Å². The smallest absolute Gasteiger partial charge is 0.311 e. The fourth-order valence-electron chi connectivity index (χ4n) is 1.57. The van der Waals surface area contributed by atoms with Gasteiger partial charge in [-0.25, -0.2) is 0 Å². The lowest BCUT2D eigenvalue weighted by Crippen LogP contribution is -1.91. The predicted octanol–water partition coefficient (Wildman–Crippen LogP) is 4.28. The van der Waals surface area contributed by atoms with Crippen molar-refractivity contribution >= 4 is 49.4 Å². The first-order valence-electron chi connectivity index (χ1n) is 5.58. The van der Waals surface area contributed by atoms with Crippen LogP contribution in [0.1, 0.15) is 5.56 Å². The maximum Gasteiger partial charge on any atom is 0.311 e. The van der Waals surface area contributed by atoms with E-state index >= 15 is 0 Å². The van der Waals surface area contributed by atoms with Gasteiger partial charge in [-0.15, -0.1) is 0 Å². The van der Waals surface area contributed by atoms with Gasteiger partial charge in [0.2, 0.25) is 5.75 Å². The van der Waals surface area contributed by atoms with Crippen LogP contribution in [0.2, 0.25) is 0 Å². The number of hydrogen-bond acceptors (Lipinski definition) is 5. The third-order valence-corrected chi connectivity index (χ3v) is 3.81. The van der Waals surface area contributed by atoms with Gasteiger partial charge in [0.1, 0.15) is 5.75 Å². The largest absolute Gasteiger partial charge is 0.506 e. The third kappa shape index (κ3) is 3.40. The van der Waals surface area contributed by atoms with Crippen LogP contribution >= 0.6 is 31.9 Å². The van der Waals surface area contributed by atoms with Crippen LogP contribution in [0.3, 0.4) is 0 Å². The van der Waals surface area contributed by atoms with Gasteiger partial charge in [0.25, 0.3) is 0 Å². The molecule has 0 amide bonds. The van der Waals surface area contributed by atoms with Crippen molar-refractivity contribution in [2.45, 2.75) is 0 Å². The summed E-state index contributed by atoms with van der Waals surface area (Å²) >= 11 is 6.35. The number of halogens is 2. The summed E-state index contributed by atoms with van der Waals surface area (Å²) in [6.45, 7) is 0. The summed E-state index contributed by atoms with van der Waals surface area (Å²) in [5.41, 5.74) is 0.342. The van der Waals surface area contributed by atoms with Crippen molar-refractivity contribution in [1.29, 1.82) is 0 Å². The first kappa shape index (κ1) is 15.5. The van der Waals surface area contributed by atoms with E-state index in [1.165, 1.54) is 24.4 Å². The molecule has 0 radical (unpaired) electrons. The zero-order valence-corrected chi connectivity index (χ0v) is 13.5. The van der Waals surface area contributed by atoms with Crippen LogP contribution in [0.25, 0.3) is 0 Å². The molecule has 0 aliphatic heterocycles. The number of phenolic OH excluding ortho intramolecular Hbond substituents is 2. The van der Waals surface area contributed by atoms with Gasteiger partial charge in [0, 0.05) is 17.8 Å². The molecule has 0 bridgehead atoms. The van der Waals surface area contributed by atoms with Crippen molar-refractivity contribution in [3.05, 3.63) is 55.0 Å². The summed E-state index contributed by atoms with van der Waals surface area (Å²) in [7, 11) is 0. The van der Waals surface area contributed by atoms with Gasteiger partial charge in [-0.3, -0.25) is 15.1 Å². The molecule has 6 nitrogen and oxygen atoms in total. The maximum atomic E-state index is 10.7. The average molecular weight is 416 g/mol. The predicted molar refractivity (Wildman–Crippen MR) is 85.5 cm³/mol. The fraction of sp³-hybridized carbons (Fsp3) is 0. The lowest BCUT2D eigenvalue weighted by atomic mass is 10.2. The van der Waals surface area contributed by atoms with Gasteiger partial charge in [-0.05, 0) is 50.1 Å². The minimum absolute atomic E-state index is 0.0483. The molecular formula is C13H8Br2N2O4. The van der Waals surface area contributed by atoms with E-state index in [9.17, 15) is 20.3 Å². The van der Waals surface area contributed by atoms with Crippen molar-refractivity contribution in [3.8, 4) is 11.5 Å². The number of aromatic hydroxyl groups is 2. The number of benzene rings is 2. The average Bonchev–Trinajstić information content (AvgIpc) is 2.43. The van der Waals surface area contributed by atoms with Crippen molar-refractivity contribution in [3.63, 3.8) is 0 Å². The van der Waals surface area contributed by atoms with Crippen LogP contribution in [0.15, 0.2) is 44.3 Å². The number of phenols is 2. The van der Waals surface area contributed by atoms with Gasteiger partial charge in [-0.2, -0.15) is 0 Å². The van der Waals surface area contributed by atoms with Gasteiger partial charge in [0.15, 0.2) is 0 Å².